The summed E-state index contributed by atoms with van der Waals surface area (Å²) in [5.41, 5.74) is 8.56. The highest BCUT2D eigenvalue weighted by atomic mass is 14.7. The van der Waals surface area contributed by atoms with Crippen molar-refractivity contribution >= 4 is 10.9 Å². The van der Waals surface area contributed by atoms with E-state index in [1.165, 1.54) is 17.4 Å². The molecule has 0 spiro atoms. The third-order valence-corrected chi connectivity index (χ3v) is 3.43. The molecule has 2 nitrogen and oxygen atoms in total. The summed E-state index contributed by atoms with van der Waals surface area (Å²) < 4.78 is 0. The number of hydrogen-bond donors (Lipinski definition) is 1. The molecule has 1 heterocycles. The van der Waals surface area contributed by atoms with Crippen molar-refractivity contribution in [3.05, 3.63) is 42.1 Å². The first kappa shape index (κ1) is 12.1. The van der Waals surface area contributed by atoms with Crippen molar-refractivity contribution in [3.63, 3.8) is 0 Å². The van der Waals surface area contributed by atoms with Gasteiger partial charge in [0.2, 0.25) is 0 Å². The Kier molecular flexibility index (Phi) is 3.75. The lowest BCUT2D eigenvalue weighted by molar-refractivity contribution is 0.463. The van der Waals surface area contributed by atoms with Gasteiger partial charge in [-0.05, 0) is 30.0 Å². The summed E-state index contributed by atoms with van der Waals surface area (Å²) in [5, 5.41) is 1.19. The van der Waals surface area contributed by atoms with E-state index < -0.39 is 0 Å². The molecule has 2 atom stereocenters. The van der Waals surface area contributed by atoms with Gasteiger partial charge in [-0.15, -0.1) is 0 Å². The van der Waals surface area contributed by atoms with Crippen molar-refractivity contribution in [1.82, 2.24) is 4.98 Å². The van der Waals surface area contributed by atoms with Crippen LogP contribution in [0.2, 0.25) is 0 Å². The van der Waals surface area contributed by atoms with Crippen LogP contribution in [0.3, 0.4) is 0 Å². The van der Waals surface area contributed by atoms with Crippen LogP contribution in [0.25, 0.3) is 10.9 Å². The number of pyridine rings is 1. The number of benzene rings is 1. The van der Waals surface area contributed by atoms with E-state index in [0.29, 0.717) is 5.92 Å². The standard InChI is InChI=1S/C15H20N2/c1-3-11(2)10-14(16)12-6-4-8-15-13(12)7-5-9-17-15/h4-9,11,14H,3,10,16H2,1-2H3. The molecule has 17 heavy (non-hydrogen) atoms. The predicted molar refractivity (Wildman–Crippen MR) is 72.7 cm³/mol. The molecule has 0 amide bonds. The minimum Gasteiger partial charge on any atom is -0.324 e. The Labute approximate surface area is 103 Å². The fraction of sp³-hybridized carbons (Fsp3) is 0.400. The van der Waals surface area contributed by atoms with Crippen LogP contribution in [0.5, 0.6) is 0 Å². The van der Waals surface area contributed by atoms with E-state index in [4.69, 9.17) is 5.73 Å². The summed E-state index contributed by atoms with van der Waals surface area (Å²) in [5.74, 6) is 0.664. The van der Waals surface area contributed by atoms with Crippen LogP contribution >= 0.6 is 0 Å². The smallest absolute Gasteiger partial charge is 0.0705 e. The number of fused-ring (bicyclic) bond motifs is 1. The molecule has 0 bridgehead atoms. The average Bonchev–Trinajstić information content (AvgIpc) is 2.37. The van der Waals surface area contributed by atoms with E-state index in [1.807, 2.05) is 24.4 Å². The third kappa shape index (κ3) is 2.64. The zero-order valence-electron chi connectivity index (χ0n) is 10.6. The van der Waals surface area contributed by atoms with Crippen molar-refractivity contribution in [3.8, 4) is 0 Å². The first-order valence-electron chi connectivity index (χ1n) is 6.31. The Bertz CT molecular complexity index is 488. The first-order valence-corrected chi connectivity index (χ1v) is 6.31. The van der Waals surface area contributed by atoms with Crippen molar-refractivity contribution < 1.29 is 0 Å². The molecule has 0 aliphatic rings. The number of aromatic nitrogens is 1. The monoisotopic (exact) mass is 228 g/mol. The Morgan fingerprint density at radius 2 is 2.06 bits per heavy atom. The molecule has 2 heteroatoms. The van der Waals surface area contributed by atoms with E-state index in [0.717, 1.165) is 11.9 Å². The second-order valence-corrected chi connectivity index (χ2v) is 4.77. The van der Waals surface area contributed by atoms with Crippen molar-refractivity contribution in [2.45, 2.75) is 32.7 Å². The van der Waals surface area contributed by atoms with E-state index in [2.05, 4.69) is 31.0 Å². The lowest BCUT2D eigenvalue weighted by Gasteiger charge is -2.17. The summed E-state index contributed by atoms with van der Waals surface area (Å²) in [6, 6.07) is 10.4. The minimum absolute atomic E-state index is 0.109. The number of rotatable bonds is 4. The maximum absolute atomic E-state index is 6.31. The number of nitrogens with zero attached hydrogens (tertiary/aromatic N) is 1. The molecular formula is C15H20N2. The van der Waals surface area contributed by atoms with Crippen LogP contribution in [0.15, 0.2) is 36.5 Å². The number of nitrogens with two attached hydrogens (primary N) is 1. The average molecular weight is 228 g/mol. The van der Waals surface area contributed by atoms with Crippen molar-refractivity contribution in [2.75, 3.05) is 0 Å². The molecule has 0 saturated heterocycles. The summed E-state index contributed by atoms with van der Waals surface area (Å²) in [7, 11) is 0. The fourth-order valence-electron chi connectivity index (χ4n) is 2.18. The van der Waals surface area contributed by atoms with Gasteiger partial charge in [-0.2, -0.15) is 0 Å². The van der Waals surface area contributed by atoms with E-state index in [1.54, 1.807) is 0 Å². The zero-order valence-corrected chi connectivity index (χ0v) is 10.6. The molecule has 0 fully saturated rings. The molecule has 2 aromatic rings. The molecule has 2 unspecified atom stereocenters. The van der Waals surface area contributed by atoms with Crippen LogP contribution < -0.4 is 5.73 Å². The second kappa shape index (κ2) is 5.28. The van der Waals surface area contributed by atoms with Gasteiger partial charge in [-0.3, -0.25) is 4.98 Å². The largest absolute Gasteiger partial charge is 0.324 e. The first-order chi connectivity index (χ1) is 8.22. The lowest BCUT2D eigenvalue weighted by atomic mass is 9.93. The van der Waals surface area contributed by atoms with Crippen molar-refractivity contribution in [1.29, 1.82) is 0 Å². The third-order valence-electron chi connectivity index (χ3n) is 3.43. The van der Waals surface area contributed by atoms with E-state index >= 15 is 0 Å². The van der Waals surface area contributed by atoms with Gasteiger partial charge in [0.05, 0.1) is 5.52 Å². The highest BCUT2D eigenvalue weighted by Crippen LogP contribution is 2.26. The summed E-state index contributed by atoms with van der Waals surface area (Å²) >= 11 is 0. The molecule has 0 aliphatic heterocycles. The van der Waals surface area contributed by atoms with Gasteiger partial charge in [0.1, 0.15) is 0 Å². The molecule has 0 saturated carbocycles. The molecule has 2 N–H and O–H groups in total. The quantitative estimate of drug-likeness (QED) is 0.867. The normalized spacial score (nSPS) is 14.8. The fourth-order valence-corrected chi connectivity index (χ4v) is 2.18. The zero-order chi connectivity index (χ0) is 12.3. The van der Waals surface area contributed by atoms with Gasteiger partial charge in [-0.25, -0.2) is 0 Å². The molecular weight excluding hydrogens is 208 g/mol. The maximum atomic E-state index is 6.31. The van der Waals surface area contributed by atoms with Crippen LogP contribution in [-0.4, -0.2) is 4.98 Å². The van der Waals surface area contributed by atoms with Crippen LogP contribution in [0.4, 0.5) is 0 Å². The van der Waals surface area contributed by atoms with Crippen LogP contribution in [0, 0.1) is 5.92 Å². The van der Waals surface area contributed by atoms with E-state index in [-0.39, 0.29) is 6.04 Å². The predicted octanol–water partition coefficient (Wildman–Crippen LogP) is 3.67. The van der Waals surface area contributed by atoms with Gasteiger partial charge in [-0.1, -0.05) is 38.5 Å². The highest BCUT2D eigenvalue weighted by molar-refractivity contribution is 5.82. The molecule has 90 valence electrons. The molecule has 2 rings (SSSR count). The summed E-state index contributed by atoms with van der Waals surface area (Å²) in [6.45, 7) is 4.46. The lowest BCUT2D eigenvalue weighted by Crippen LogP contribution is -2.14. The molecule has 0 radical (unpaired) electrons. The molecule has 0 aliphatic carbocycles. The molecule has 1 aromatic heterocycles. The van der Waals surface area contributed by atoms with E-state index in [9.17, 15) is 0 Å². The van der Waals surface area contributed by atoms with Gasteiger partial charge in [0, 0.05) is 17.6 Å². The van der Waals surface area contributed by atoms with Gasteiger partial charge in [0.25, 0.3) is 0 Å². The second-order valence-electron chi connectivity index (χ2n) is 4.77. The Balaban J connectivity index is 2.34. The molecule has 1 aromatic carbocycles. The van der Waals surface area contributed by atoms with Gasteiger partial charge < -0.3 is 5.73 Å². The Morgan fingerprint density at radius 3 is 2.82 bits per heavy atom. The highest BCUT2D eigenvalue weighted by Gasteiger charge is 2.12. The number of hydrogen-bond acceptors (Lipinski definition) is 2. The summed E-state index contributed by atoms with van der Waals surface area (Å²) in [4.78, 5) is 4.37. The summed E-state index contributed by atoms with van der Waals surface area (Å²) in [6.07, 6.45) is 4.04. The van der Waals surface area contributed by atoms with Crippen LogP contribution in [0.1, 0.15) is 38.3 Å². The minimum atomic E-state index is 0.109. The Hall–Kier alpha value is -1.41. The van der Waals surface area contributed by atoms with Gasteiger partial charge in [0.15, 0.2) is 0 Å². The Morgan fingerprint density at radius 1 is 1.24 bits per heavy atom. The topological polar surface area (TPSA) is 38.9 Å². The van der Waals surface area contributed by atoms with Crippen molar-refractivity contribution in [2.24, 2.45) is 11.7 Å². The maximum Gasteiger partial charge on any atom is 0.0705 e. The van der Waals surface area contributed by atoms with Gasteiger partial charge >= 0.3 is 0 Å². The SMILES string of the molecule is CCC(C)CC(N)c1cccc2ncccc12. The van der Waals surface area contributed by atoms with Crippen LogP contribution in [-0.2, 0) is 0 Å².